The van der Waals surface area contributed by atoms with Crippen molar-refractivity contribution in [2.75, 3.05) is 13.6 Å². The van der Waals surface area contributed by atoms with Gasteiger partial charge in [0.1, 0.15) is 16.5 Å². The SMILES string of the molecule is Cc1nc2c3c4c(sc3nc(C)n2n1)CN(C)CC4. The Bertz CT molecular complexity index is 800. The molecule has 4 heterocycles. The summed E-state index contributed by atoms with van der Waals surface area (Å²) in [4.78, 5) is 14.2. The first-order valence-electron chi connectivity index (χ1n) is 6.46. The molecule has 0 saturated carbocycles. The van der Waals surface area contributed by atoms with Crippen LogP contribution in [0.25, 0.3) is 15.9 Å². The molecule has 0 spiro atoms. The Balaban J connectivity index is 2.14. The lowest BCUT2D eigenvalue weighted by molar-refractivity contribution is 0.318. The van der Waals surface area contributed by atoms with Crippen LogP contribution in [0.15, 0.2) is 0 Å². The van der Waals surface area contributed by atoms with Crippen molar-refractivity contribution < 1.29 is 0 Å². The van der Waals surface area contributed by atoms with Gasteiger partial charge in [-0.05, 0) is 32.9 Å². The normalized spacial score (nSPS) is 16.4. The zero-order valence-electron chi connectivity index (χ0n) is 11.3. The zero-order valence-corrected chi connectivity index (χ0v) is 12.1. The third-order valence-corrected chi connectivity index (χ3v) is 4.85. The molecule has 0 bridgehead atoms. The molecule has 0 unspecified atom stereocenters. The summed E-state index contributed by atoms with van der Waals surface area (Å²) in [6.45, 7) is 6.05. The van der Waals surface area contributed by atoms with E-state index in [0.29, 0.717) is 0 Å². The van der Waals surface area contributed by atoms with Gasteiger partial charge in [-0.25, -0.2) is 9.97 Å². The number of likely N-dealkylation sites (N-methyl/N-ethyl adjacent to an activating group) is 1. The van der Waals surface area contributed by atoms with Crippen LogP contribution in [0.5, 0.6) is 0 Å². The summed E-state index contributed by atoms with van der Waals surface area (Å²) < 4.78 is 1.88. The van der Waals surface area contributed by atoms with Crippen molar-refractivity contribution in [2.24, 2.45) is 0 Å². The van der Waals surface area contributed by atoms with Crippen molar-refractivity contribution in [1.82, 2.24) is 24.5 Å². The molecule has 3 aromatic heterocycles. The van der Waals surface area contributed by atoms with Gasteiger partial charge in [0.05, 0.1) is 5.39 Å². The third kappa shape index (κ3) is 1.53. The minimum atomic E-state index is 0.810. The predicted octanol–water partition coefficient (Wildman–Crippen LogP) is 1.94. The van der Waals surface area contributed by atoms with E-state index in [2.05, 4.69) is 22.0 Å². The van der Waals surface area contributed by atoms with Gasteiger partial charge in [0.15, 0.2) is 5.65 Å². The molecule has 98 valence electrons. The lowest BCUT2D eigenvalue weighted by atomic mass is 10.1. The summed E-state index contributed by atoms with van der Waals surface area (Å²) in [6.07, 6.45) is 1.08. The highest BCUT2D eigenvalue weighted by Gasteiger charge is 2.23. The molecule has 5 nitrogen and oxygen atoms in total. The van der Waals surface area contributed by atoms with E-state index in [4.69, 9.17) is 4.98 Å². The number of thiophene rings is 1. The van der Waals surface area contributed by atoms with Crippen molar-refractivity contribution in [3.05, 3.63) is 22.1 Å². The number of hydrogen-bond donors (Lipinski definition) is 0. The highest BCUT2D eigenvalue weighted by atomic mass is 32.1. The number of aryl methyl sites for hydroxylation is 2. The molecular weight excluding hydrogens is 258 g/mol. The van der Waals surface area contributed by atoms with Gasteiger partial charge >= 0.3 is 0 Å². The van der Waals surface area contributed by atoms with E-state index >= 15 is 0 Å². The first kappa shape index (κ1) is 11.3. The van der Waals surface area contributed by atoms with Gasteiger partial charge in [-0.3, -0.25) is 0 Å². The number of hydrogen-bond acceptors (Lipinski definition) is 5. The Labute approximate surface area is 114 Å². The Morgan fingerprint density at radius 3 is 2.89 bits per heavy atom. The van der Waals surface area contributed by atoms with E-state index in [1.54, 1.807) is 0 Å². The van der Waals surface area contributed by atoms with E-state index in [0.717, 1.165) is 41.6 Å². The molecule has 4 rings (SSSR count). The average Bonchev–Trinajstić information content (AvgIpc) is 2.88. The van der Waals surface area contributed by atoms with Crippen LogP contribution in [0.2, 0.25) is 0 Å². The Morgan fingerprint density at radius 1 is 1.21 bits per heavy atom. The van der Waals surface area contributed by atoms with E-state index in [9.17, 15) is 0 Å². The largest absolute Gasteiger partial charge is 0.301 e. The first-order valence-corrected chi connectivity index (χ1v) is 7.28. The molecule has 19 heavy (non-hydrogen) atoms. The van der Waals surface area contributed by atoms with Gasteiger partial charge in [-0.2, -0.15) is 4.52 Å². The molecule has 0 amide bonds. The maximum atomic E-state index is 4.71. The van der Waals surface area contributed by atoms with Crippen LogP contribution in [0.4, 0.5) is 0 Å². The van der Waals surface area contributed by atoms with Crippen molar-refractivity contribution in [3.63, 3.8) is 0 Å². The summed E-state index contributed by atoms with van der Waals surface area (Å²) in [5.41, 5.74) is 2.41. The molecule has 6 heteroatoms. The topological polar surface area (TPSA) is 46.3 Å². The zero-order chi connectivity index (χ0) is 13.1. The molecule has 3 aromatic rings. The molecule has 0 atom stereocenters. The third-order valence-electron chi connectivity index (χ3n) is 3.74. The molecule has 0 fully saturated rings. The van der Waals surface area contributed by atoms with Crippen LogP contribution in [-0.2, 0) is 13.0 Å². The lowest BCUT2D eigenvalue weighted by Gasteiger charge is -2.21. The summed E-state index contributed by atoms with van der Waals surface area (Å²) >= 11 is 1.81. The van der Waals surface area contributed by atoms with Crippen LogP contribution in [0.3, 0.4) is 0 Å². The maximum Gasteiger partial charge on any atom is 0.168 e. The molecule has 0 radical (unpaired) electrons. The molecule has 1 aliphatic rings. The van der Waals surface area contributed by atoms with E-state index < -0.39 is 0 Å². The summed E-state index contributed by atoms with van der Waals surface area (Å²) in [5.74, 6) is 1.72. The summed E-state index contributed by atoms with van der Waals surface area (Å²) in [7, 11) is 2.17. The Morgan fingerprint density at radius 2 is 2.05 bits per heavy atom. The van der Waals surface area contributed by atoms with E-state index in [1.165, 1.54) is 15.8 Å². The molecular formula is C13H15N5S. The fourth-order valence-electron chi connectivity index (χ4n) is 2.82. The van der Waals surface area contributed by atoms with Crippen LogP contribution in [-0.4, -0.2) is 38.1 Å². The molecule has 0 aliphatic carbocycles. The van der Waals surface area contributed by atoms with Gasteiger partial charge in [0, 0.05) is 18.0 Å². The first-order chi connectivity index (χ1) is 9.13. The van der Waals surface area contributed by atoms with Crippen molar-refractivity contribution in [1.29, 1.82) is 0 Å². The minimum Gasteiger partial charge on any atom is -0.301 e. The maximum absolute atomic E-state index is 4.71. The number of rotatable bonds is 0. The van der Waals surface area contributed by atoms with Crippen LogP contribution in [0.1, 0.15) is 22.1 Å². The molecule has 0 aromatic carbocycles. The second-order valence-corrected chi connectivity index (χ2v) is 6.31. The van der Waals surface area contributed by atoms with Gasteiger partial charge in [-0.15, -0.1) is 16.4 Å². The number of aromatic nitrogens is 4. The predicted molar refractivity (Wildman–Crippen MR) is 75.7 cm³/mol. The van der Waals surface area contributed by atoms with Gasteiger partial charge in [-0.1, -0.05) is 0 Å². The van der Waals surface area contributed by atoms with Crippen LogP contribution >= 0.6 is 11.3 Å². The highest BCUT2D eigenvalue weighted by Crippen LogP contribution is 2.35. The fourth-order valence-corrected chi connectivity index (χ4v) is 4.16. The number of fused-ring (bicyclic) bond motifs is 5. The second-order valence-electron chi connectivity index (χ2n) is 5.23. The van der Waals surface area contributed by atoms with Crippen LogP contribution < -0.4 is 0 Å². The fraction of sp³-hybridized carbons (Fsp3) is 0.462. The summed E-state index contributed by atoms with van der Waals surface area (Å²) in [6, 6.07) is 0. The summed E-state index contributed by atoms with van der Waals surface area (Å²) in [5, 5.41) is 5.67. The van der Waals surface area contributed by atoms with Crippen LogP contribution in [0, 0.1) is 13.8 Å². The van der Waals surface area contributed by atoms with E-state index in [1.807, 2.05) is 29.7 Å². The molecule has 1 aliphatic heterocycles. The van der Waals surface area contributed by atoms with Gasteiger partial charge < -0.3 is 4.90 Å². The lowest BCUT2D eigenvalue weighted by Crippen LogP contribution is -2.25. The standard InChI is InChI=1S/C13H15N5S/c1-7-14-12-11-9-4-5-17(3)6-10(9)19-13(11)15-8(2)18(12)16-7/h4-6H2,1-3H3. The average molecular weight is 273 g/mol. The van der Waals surface area contributed by atoms with Crippen molar-refractivity contribution in [3.8, 4) is 0 Å². The smallest absolute Gasteiger partial charge is 0.168 e. The highest BCUT2D eigenvalue weighted by molar-refractivity contribution is 7.19. The Hall–Kier alpha value is -1.53. The Kier molecular flexibility index (Phi) is 2.23. The monoisotopic (exact) mass is 273 g/mol. The van der Waals surface area contributed by atoms with Gasteiger partial charge in [0.2, 0.25) is 0 Å². The minimum absolute atomic E-state index is 0.810. The van der Waals surface area contributed by atoms with Crippen molar-refractivity contribution in [2.45, 2.75) is 26.8 Å². The van der Waals surface area contributed by atoms with E-state index in [-0.39, 0.29) is 0 Å². The van der Waals surface area contributed by atoms with Gasteiger partial charge in [0.25, 0.3) is 0 Å². The van der Waals surface area contributed by atoms with Crippen molar-refractivity contribution >= 4 is 27.2 Å². The number of nitrogens with zero attached hydrogens (tertiary/aromatic N) is 5. The second kappa shape index (κ2) is 3.74. The molecule has 0 saturated heterocycles. The quantitative estimate of drug-likeness (QED) is 0.628. The molecule has 0 N–H and O–H groups in total.